The zero-order chi connectivity index (χ0) is 27.3. The summed E-state index contributed by atoms with van der Waals surface area (Å²) in [7, 11) is 1.56. The average molecular weight is 535 g/mol. The van der Waals surface area contributed by atoms with Crippen molar-refractivity contribution >= 4 is 11.2 Å². The van der Waals surface area contributed by atoms with Gasteiger partial charge in [0.15, 0.2) is 17.2 Å². The summed E-state index contributed by atoms with van der Waals surface area (Å²) in [5.74, 6) is 1.53. The third kappa shape index (κ3) is 4.70. The van der Waals surface area contributed by atoms with Crippen LogP contribution in [-0.2, 0) is 12.7 Å². The summed E-state index contributed by atoms with van der Waals surface area (Å²) >= 11 is 0. The highest BCUT2D eigenvalue weighted by molar-refractivity contribution is 5.75. The quantitative estimate of drug-likeness (QED) is 0.265. The summed E-state index contributed by atoms with van der Waals surface area (Å²) in [5, 5.41) is 0. The first-order valence-electron chi connectivity index (χ1n) is 12.6. The molecule has 5 aromatic rings. The number of nitrogens with zero attached hydrogens (tertiary/aromatic N) is 8. The Bertz CT molecular complexity index is 1650. The number of rotatable bonds is 7. The summed E-state index contributed by atoms with van der Waals surface area (Å²) in [5.41, 5.74) is 3.49. The van der Waals surface area contributed by atoms with E-state index in [9.17, 15) is 13.2 Å². The van der Waals surface area contributed by atoms with Crippen LogP contribution in [0.2, 0.25) is 0 Å². The van der Waals surface area contributed by atoms with Gasteiger partial charge in [0, 0.05) is 23.7 Å². The number of alkyl halides is 3. The third-order valence-corrected chi connectivity index (χ3v) is 6.73. The van der Waals surface area contributed by atoms with E-state index in [1.165, 1.54) is 10.9 Å². The molecule has 0 atom stereocenters. The van der Waals surface area contributed by atoms with Gasteiger partial charge in [0.1, 0.15) is 23.2 Å². The van der Waals surface area contributed by atoms with Crippen LogP contribution in [0.3, 0.4) is 0 Å². The minimum Gasteiger partial charge on any atom is -0.480 e. The molecule has 1 aliphatic carbocycles. The van der Waals surface area contributed by atoms with Gasteiger partial charge in [-0.15, -0.1) is 0 Å². The van der Waals surface area contributed by atoms with Crippen molar-refractivity contribution < 1.29 is 17.9 Å². The van der Waals surface area contributed by atoms with Gasteiger partial charge in [0.25, 0.3) is 0 Å². The van der Waals surface area contributed by atoms with Crippen molar-refractivity contribution in [2.45, 2.75) is 51.4 Å². The maximum atomic E-state index is 13.3. The normalized spacial score (nSPS) is 13.9. The van der Waals surface area contributed by atoms with Crippen LogP contribution in [0.25, 0.3) is 33.9 Å². The molecule has 1 saturated carbocycles. The molecule has 0 bridgehead atoms. The van der Waals surface area contributed by atoms with Crippen molar-refractivity contribution in [3.05, 3.63) is 66.3 Å². The molecule has 4 heterocycles. The van der Waals surface area contributed by atoms with Crippen LogP contribution in [0.4, 0.5) is 13.2 Å². The second-order valence-corrected chi connectivity index (χ2v) is 9.84. The van der Waals surface area contributed by atoms with Crippen LogP contribution < -0.4 is 4.74 Å². The topological polar surface area (TPSA) is 96.4 Å². The molecular formula is C27H25F3N8O. The van der Waals surface area contributed by atoms with Gasteiger partial charge < -0.3 is 13.9 Å². The molecule has 0 aliphatic heterocycles. The van der Waals surface area contributed by atoms with E-state index < -0.39 is 11.9 Å². The fourth-order valence-corrected chi connectivity index (χ4v) is 4.60. The summed E-state index contributed by atoms with van der Waals surface area (Å²) in [6.45, 7) is 4.10. The highest BCUT2D eigenvalue weighted by Crippen LogP contribution is 2.44. The van der Waals surface area contributed by atoms with Gasteiger partial charge in [-0.1, -0.05) is 24.3 Å². The van der Waals surface area contributed by atoms with Crippen molar-refractivity contribution in [3.63, 3.8) is 0 Å². The SMILES string of the molecule is COc1ncnc(C2CC2)c1-c1ncc2ncn(Cc3ccc(-c4nc(C(F)(F)F)cn4C(C)C)cc3)c2n1. The second kappa shape index (κ2) is 9.44. The van der Waals surface area contributed by atoms with Crippen molar-refractivity contribution in [2.24, 2.45) is 0 Å². The summed E-state index contributed by atoms with van der Waals surface area (Å²) in [4.78, 5) is 26.4. The molecule has 4 aromatic heterocycles. The molecule has 12 heteroatoms. The number of fused-ring (bicyclic) bond motifs is 1. The van der Waals surface area contributed by atoms with Crippen LogP contribution in [0.15, 0.2) is 49.3 Å². The minimum absolute atomic E-state index is 0.177. The molecule has 0 amide bonds. The Morgan fingerprint density at radius 1 is 1.03 bits per heavy atom. The van der Waals surface area contributed by atoms with Crippen molar-refractivity contribution in [1.82, 2.24) is 39.0 Å². The van der Waals surface area contributed by atoms with Crippen LogP contribution >= 0.6 is 0 Å². The number of hydrogen-bond donors (Lipinski definition) is 0. The molecule has 9 nitrogen and oxygen atoms in total. The van der Waals surface area contributed by atoms with E-state index in [1.54, 1.807) is 31.8 Å². The molecule has 0 radical (unpaired) electrons. The zero-order valence-corrected chi connectivity index (χ0v) is 21.5. The first-order valence-corrected chi connectivity index (χ1v) is 12.6. The Balaban J connectivity index is 1.32. The maximum absolute atomic E-state index is 13.3. The molecular weight excluding hydrogens is 509 g/mol. The Labute approximate surface area is 221 Å². The van der Waals surface area contributed by atoms with Gasteiger partial charge in [-0.2, -0.15) is 13.2 Å². The van der Waals surface area contributed by atoms with Gasteiger partial charge in [-0.05, 0) is 32.3 Å². The highest BCUT2D eigenvalue weighted by Gasteiger charge is 2.35. The fourth-order valence-electron chi connectivity index (χ4n) is 4.60. The largest absolute Gasteiger partial charge is 0.480 e. The lowest BCUT2D eigenvalue weighted by Gasteiger charge is -2.12. The molecule has 0 spiro atoms. The number of benzene rings is 1. The maximum Gasteiger partial charge on any atom is 0.434 e. The van der Waals surface area contributed by atoms with E-state index in [-0.39, 0.29) is 11.9 Å². The molecule has 6 rings (SSSR count). The second-order valence-electron chi connectivity index (χ2n) is 9.84. The van der Waals surface area contributed by atoms with E-state index in [1.807, 2.05) is 30.5 Å². The van der Waals surface area contributed by atoms with Crippen molar-refractivity contribution in [2.75, 3.05) is 7.11 Å². The first-order chi connectivity index (χ1) is 18.7. The molecule has 1 aromatic carbocycles. The summed E-state index contributed by atoms with van der Waals surface area (Å²) in [6, 6.07) is 7.13. The van der Waals surface area contributed by atoms with Crippen molar-refractivity contribution in [3.8, 4) is 28.7 Å². The number of imidazole rings is 2. The number of methoxy groups -OCH3 is 1. The van der Waals surface area contributed by atoms with E-state index in [4.69, 9.17) is 9.72 Å². The van der Waals surface area contributed by atoms with E-state index in [0.29, 0.717) is 46.5 Å². The average Bonchev–Trinajstić information content (AvgIpc) is 3.53. The molecule has 0 saturated heterocycles. The van der Waals surface area contributed by atoms with Crippen LogP contribution in [-0.4, -0.2) is 46.1 Å². The highest BCUT2D eigenvalue weighted by atomic mass is 19.4. The number of hydrogen-bond acceptors (Lipinski definition) is 7. The molecule has 0 unspecified atom stereocenters. The summed E-state index contributed by atoms with van der Waals surface area (Å²) < 4.78 is 48.8. The third-order valence-electron chi connectivity index (χ3n) is 6.73. The molecule has 0 N–H and O–H groups in total. The van der Waals surface area contributed by atoms with Crippen molar-refractivity contribution in [1.29, 1.82) is 0 Å². The van der Waals surface area contributed by atoms with Gasteiger partial charge >= 0.3 is 6.18 Å². The standard InChI is InChI=1S/C27H25F3N8O/c1-15(2)38-12-20(27(28,29)30)35-24(38)18-6-4-16(5-7-18)11-37-14-34-19-10-31-23(36-25(19)37)21-22(17-8-9-17)32-13-33-26(21)39-3/h4-7,10,12-15,17H,8-9,11H2,1-3H3. The number of halogens is 3. The first kappa shape index (κ1) is 25.0. The Morgan fingerprint density at radius 3 is 2.46 bits per heavy atom. The van der Waals surface area contributed by atoms with E-state index >= 15 is 0 Å². The molecule has 200 valence electrons. The van der Waals surface area contributed by atoms with Gasteiger partial charge in [-0.25, -0.2) is 29.9 Å². The monoisotopic (exact) mass is 534 g/mol. The fraction of sp³-hybridized carbons (Fsp3) is 0.333. The molecule has 39 heavy (non-hydrogen) atoms. The molecule has 1 aliphatic rings. The van der Waals surface area contributed by atoms with E-state index in [0.717, 1.165) is 30.3 Å². The predicted molar refractivity (Wildman–Crippen MR) is 137 cm³/mol. The lowest BCUT2D eigenvalue weighted by atomic mass is 10.1. The summed E-state index contributed by atoms with van der Waals surface area (Å²) in [6.07, 6.45) is 3.52. The zero-order valence-electron chi connectivity index (χ0n) is 21.5. The smallest absolute Gasteiger partial charge is 0.434 e. The van der Waals surface area contributed by atoms with E-state index in [2.05, 4.69) is 24.9 Å². The Hall–Kier alpha value is -4.35. The Morgan fingerprint density at radius 2 is 1.79 bits per heavy atom. The lowest BCUT2D eigenvalue weighted by Crippen LogP contribution is -2.05. The van der Waals surface area contributed by atoms with Gasteiger partial charge in [0.2, 0.25) is 5.88 Å². The number of aromatic nitrogens is 8. The van der Waals surface area contributed by atoms with Gasteiger partial charge in [0.05, 0.1) is 31.9 Å². The number of ether oxygens (including phenoxy) is 1. The van der Waals surface area contributed by atoms with Gasteiger partial charge in [-0.3, -0.25) is 0 Å². The predicted octanol–water partition coefficient (Wildman–Crippen LogP) is 5.68. The lowest BCUT2D eigenvalue weighted by molar-refractivity contribution is -0.140. The van der Waals surface area contributed by atoms with Crippen LogP contribution in [0.5, 0.6) is 5.88 Å². The van der Waals surface area contributed by atoms with Crippen LogP contribution in [0.1, 0.15) is 55.6 Å². The molecule has 1 fully saturated rings. The Kier molecular flexibility index (Phi) is 6.04. The van der Waals surface area contributed by atoms with Crippen LogP contribution in [0, 0.1) is 0 Å². The minimum atomic E-state index is -4.51.